The minimum Gasteiger partial charge on any atom is -0.368 e. The van der Waals surface area contributed by atoms with Crippen LogP contribution in [0.4, 0.5) is 11.4 Å². The minimum absolute atomic E-state index is 0.0912. The topological polar surface area (TPSA) is 114 Å². The summed E-state index contributed by atoms with van der Waals surface area (Å²) in [6, 6.07) is 17.9. The SMILES string of the molecule is CCc1ccc(C(=O)N2CCN(c3ccc(NC=C(C#N)c4nn[nH]n4)cc3)CC2)cc1. The Morgan fingerprint density at radius 2 is 1.84 bits per heavy atom. The fourth-order valence-electron chi connectivity index (χ4n) is 3.58. The summed E-state index contributed by atoms with van der Waals surface area (Å²) in [4.78, 5) is 17.0. The summed E-state index contributed by atoms with van der Waals surface area (Å²) >= 11 is 0. The van der Waals surface area contributed by atoms with E-state index in [9.17, 15) is 10.1 Å². The number of carbonyl (C=O) groups is 1. The number of tetrazole rings is 1. The molecule has 162 valence electrons. The quantitative estimate of drug-likeness (QED) is 0.580. The van der Waals surface area contributed by atoms with Gasteiger partial charge in [-0.1, -0.05) is 19.1 Å². The van der Waals surface area contributed by atoms with Gasteiger partial charge in [-0.05, 0) is 53.6 Å². The van der Waals surface area contributed by atoms with E-state index in [2.05, 4.69) is 37.8 Å². The number of hydrogen-bond acceptors (Lipinski definition) is 7. The van der Waals surface area contributed by atoms with Crippen molar-refractivity contribution in [2.45, 2.75) is 13.3 Å². The highest BCUT2D eigenvalue weighted by Crippen LogP contribution is 2.21. The monoisotopic (exact) mass is 428 g/mol. The number of piperazine rings is 1. The number of aryl methyl sites for hydroxylation is 1. The van der Waals surface area contributed by atoms with Crippen molar-refractivity contribution in [3.05, 3.63) is 71.7 Å². The van der Waals surface area contributed by atoms with Gasteiger partial charge in [0.1, 0.15) is 11.6 Å². The van der Waals surface area contributed by atoms with Crippen LogP contribution >= 0.6 is 0 Å². The molecule has 0 saturated carbocycles. The number of amides is 1. The number of hydrogen-bond donors (Lipinski definition) is 2. The maximum atomic E-state index is 12.8. The van der Waals surface area contributed by atoms with E-state index in [0.717, 1.165) is 36.4 Å². The van der Waals surface area contributed by atoms with Crippen molar-refractivity contribution in [3.8, 4) is 6.07 Å². The first-order chi connectivity index (χ1) is 15.7. The number of benzene rings is 2. The highest BCUT2D eigenvalue weighted by Gasteiger charge is 2.22. The molecule has 0 unspecified atom stereocenters. The molecule has 9 heteroatoms. The van der Waals surface area contributed by atoms with Gasteiger partial charge < -0.3 is 15.1 Å². The summed E-state index contributed by atoms with van der Waals surface area (Å²) < 4.78 is 0. The first kappa shape index (κ1) is 21.1. The molecule has 0 atom stereocenters. The molecule has 0 spiro atoms. The van der Waals surface area contributed by atoms with Crippen molar-refractivity contribution in [3.63, 3.8) is 0 Å². The van der Waals surface area contributed by atoms with Gasteiger partial charge >= 0.3 is 0 Å². The molecule has 1 aromatic heterocycles. The molecule has 1 aliphatic rings. The fourth-order valence-corrected chi connectivity index (χ4v) is 3.58. The molecule has 0 bridgehead atoms. The number of allylic oxidation sites excluding steroid dienone is 1. The van der Waals surface area contributed by atoms with E-state index < -0.39 is 0 Å². The molecule has 3 aromatic rings. The number of anilines is 2. The Bertz CT molecular complexity index is 1110. The van der Waals surface area contributed by atoms with Crippen molar-refractivity contribution in [2.75, 3.05) is 36.4 Å². The summed E-state index contributed by atoms with van der Waals surface area (Å²) in [5, 5.41) is 25.7. The predicted octanol–water partition coefficient (Wildman–Crippen LogP) is 2.70. The summed E-state index contributed by atoms with van der Waals surface area (Å²) in [5.74, 6) is 0.332. The smallest absolute Gasteiger partial charge is 0.253 e. The summed E-state index contributed by atoms with van der Waals surface area (Å²) in [5.41, 5.74) is 4.20. The molecule has 0 radical (unpaired) electrons. The van der Waals surface area contributed by atoms with Gasteiger partial charge in [0, 0.05) is 49.3 Å². The summed E-state index contributed by atoms with van der Waals surface area (Å²) in [6.07, 6.45) is 2.52. The molecular formula is C23H24N8O. The van der Waals surface area contributed by atoms with Crippen molar-refractivity contribution in [1.82, 2.24) is 25.5 Å². The van der Waals surface area contributed by atoms with Crippen LogP contribution in [0.1, 0.15) is 28.7 Å². The van der Waals surface area contributed by atoms with Crippen molar-refractivity contribution < 1.29 is 4.79 Å². The van der Waals surface area contributed by atoms with Gasteiger partial charge in [-0.25, -0.2) is 0 Å². The second kappa shape index (κ2) is 9.75. The van der Waals surface area contributed by atoms with Crippen LogP contribution in [0.25, 0.3) is 5.57 Å². The maximum Gasteiger partial charge on any atom is 0.253 e. The van der Waals surface area contributed by atoms with E-state index in [1.54, 1.807) is 6.20 Å². The van der Waals surface area contributed by atoms with Crippen molar-refractivity contribution >= 4 is 22.9 Å². The first-order valence-electron chi connectivity index (χ1n) is 10.5. The van der Waals surface area contributed by atoms with Crippen LogP contribution in [0.2, 0.25) is 0 Å². The van der Waals surface area contributed by atoms with Crippen LogP contribution in [0.15, 0.2) is 54.7 Å². The molecule has 9 nitrogen and oxygen atoms in total. The highest BCUT2D eigenvalue weighted by atomic mass is 16.2. The summed E-state index contributed by atoms with van der Waals surface area (Å²) in [6.45, 7) is 5.04. The zero-order valence-electron chi connectivity index (χ0n) is 17.8. The van der Waals surface area contributed by atoms with Gasteiger partial charge in [0.25, 0.3) is 5.91 Å². The number of aromatic amines is 1. The molecule has 0 aliphatic carbocycles. The number of carbonyl (C=O) groups excluding carboxylic acids is 1. The second-order valence-corrected chi connectivity index (χ2v) is 7.43. The van der Waals surface area contributed by atoms with Gasteiger partial charge in [0.2, 0.25) is 5.82 Å². The average Bonchev–Trinajstić information content (AvgIpc) is 3.39. The zero-order chi connectivity index (χ0) is 22.3. The molecule has 1 fully saturated rings. The van der Waals surface area contributed by atoms with Crippen LogP contribution in [-0.2, 0) is 6.42 Å². The van der Waals surface area contributed by atoms with E-state index in [1.807, 2.05) is 59.5 Å². The van der Waals surface area contributed by atoms with Crippen LogP contribution in [0.5, 0.6) is 0 Å². The lowest BCUT2D eigenvalue weighted by atomic mass is 10.1. The van der Waals surface area contributed by atoms with E-state index in [4.69, 9.17) is 0 Å². The number of nitriles is 1. The Morgan fingerprint density at radius 3 is 2.44 bits per heavy atom. The lowest BCUT2D eigenvalue weighted by Gasteiger charge is -2.36. The number of nitrogens with zero attached hydrogens (tertiary/aromatic N) is 6. The Morgan fingerprint density at radius 1 is 1.12 bits per heavy atom. The normalized spacial score (nSPS) is 14.2. The second-order valence-electron chi connectivity index (χ2n) is 7.43. The van der Waals surface area contributed by atoms with Crippen LogP contribution in [0.3, 0.4) is 0 Å². The zero-order valence-corrected chi connectivity index (χ0v) is 17.8. The third-order valence-corrected chi connectivity index (χ3v) is 5.50. The lowest BCUT2D eigenvalue weighted by Crippen LogP contribution is -2.48. The Balaban J connectivity index is 1.33. The molecule has 2 heterocycles. The lowest BCUT2D eigenvalue weighted by molar-refractivity contribution is 0.0747. The van der Waals surface area contributed by atoms with Gasteiger partial charge in [0.05, 0.1) is 0 Å². The van der Waals surface area contributed by atoms with E-state index in [0.29, 0.717) is 13.1 Å². The molecule has 1 aliphatic heterocycles. The Hall–Kier alpha value is -4.19. The van der Waals surface area contributed by atoms with Crippen LogP contribution < -0.4 is 10.2 Å². The Labute approximate surface area is 186 Å². The molecule has 2 aromatic carbocycles. The first-order valence-corrected chi connectivity index (χ1v) is 10.5. The van der Waals surface area contributed by atoms with Gasteiger partial charge in [-0.15, -0.1) is 10.2 Å². The molecule has 2 N–H and O–H groups in total. The largest absolute Gasteiger partial charge is 0.368 e. The summed E-state index contributed by atoms with van der Waals surface area (Å²) in [7, 11) is 0. The number of rotatable bonds is 6. The van der Waals surface area contributed by atoms with Crippen LogP contribution in [-0.4, -0.2) is 57.6 Å². The maximum absolute atomic E-state index is 12.8. The van der Waals surface area contributed by atoms with Crippen molar-refractivity contribution in [1.29, 1.82) is 5.26 Å². The number of H-pyrrole nitrogens is 1. The Kier molecular flexibility index (Phi) is 6.41. The number of aromatic nitrogens is 4. The standard InChI is InChI=1S/C23H24N8O/c1-2-17-3-5-18(6-4-17)23(32)31-13-11-30(12-14-31)21-9-7-20(8-10-21)25-16-19(15-24)22-26-28-29-27-22/h3-10,16,25H,2,11-14H2,1H3,(H,26,27,28,29). The third-order valence-electron chi connectivity index (χ3n) is 5.50. The number of nitrogens with one attached hydrogen (secondary N) is 2. The van der Waals surface area contributed by atoms with E-state index in [-0.39, 0.29) is 17.3 Å². The molecule has 1 amide bonds. The van der Waals surface area contributed by atoms with Crippen LogP contribution in [0, 0.1) is 11.3 Å². The van der Waals surface area contributed by atoms with E-state index >= 15 is 0 Å². The molecular weight excluding hydrogens is 404 g/mol. The molecule has 4 rings (SSSR count). The fraction of sp³-hybridized carbons (Fsp3) is 0.261. The van der Waals surface area contributed by atoms with Gasteiger partial charge in [0.15, 0.2) is 0 Å². The average molecular weight is 429 g/mol. The van der Waals surface area contributed by atoms with Crippen molar-refractivity contribution in [2.24, 2.45) is 0 Å². The predicted molar refractivity (Wildman–Crippen MR) is 122 cm³/mol. The minimum atomic E-state index is 0.0912. The van der Waals surface area contributed by atoms with E-state index in [1.165, 1.54) is 5.56 Å². The highest BCUT2D eigenvalue weighted by molar-refractivity contribution is 5.94. The third kappa shape index (κ3) is 4.75. The van der Waals surface area contributed by atoms with Gasteiger partial charge in [-0.3, -0.25) is 4.79 Å². The molecule has 32 heavy (non-hydrogen) atoms. The van der Waals surface area contributed by atoms with Gasteiger partial charge in [-0.2, -0.15) is 10.5 Å². The molecule has 1 saturated heterocycles.